The largest absolute Gasteiger partial charge is 0.488 e. The van der Waals surface area contributed by atoms with E-state index in [-0.39, 0.29) is 6.61 Å². The van der Waals surface area contributed by atoms with E-state index in [1.54, 1.807) is 18.2 Å². The van der Waals surface area contributed by atoms with E-state index >= 15 is 0 Å². The number of hydrogen-bond donors (Lipinski definition) is 1. The van der Waals surface area contributed by atoms with Crippen LogP contribution < -0.4 is 4.74 Å². The van der Waals surface area contributed by atoms with E-state index in [0.717, 1.165) is 25.7 Å². The van der Waals surface area contributed by atoms with E-state index in [2.05, 4.69) is 9.80 Å². The molecular formula is C17H24Cl2N2O2. The molecule has 0 bridgehead atoms. The number of halogens is 2. The monoisotopic (exact) mass is 358 g/mol. The molecule has 1 aromatic rings. The molecule has 2 aliphatic rings. The topological polar surface area (TPSA) is 35.9 Å². The van der Waals surface area contributed by atoms with Gasteiger partial charge in [-0.3, -0.25) is 9.80 Å². The van der Waals surface area contributed by atoms with Gasteiger partial charge in [-0.15, -0.1) is 0 Å². The molecular weight excluding hydrogens is 335 g/mol. The van der Waals surface area contributed by atoms with Gasteiger partial charge in [-0.1, -0.05) is 29.3 Å². The zero-order chi connectivity index (χ0) is 16.2. The summed E-state index contributed by atoms with van der Waals surface area (Å²) in [5.41, 5.74) is 0. The van der Waals surface area contributed by atoms with Gasteiger partial charge in [-0.05, 0) is 44.5 Å². The molecule has 1 atom stereocenters. The highest BCUT2D eigenvalue weighted by atomic mass is 35.5. The Bertz CT molecular complexity index is 505. The fourth-order valence-electron chi connectivity index (χ4n) is 3.13. The normalized spacial score (nSPS) is 21.9. The van der Waals surface area contributed by atoms with Gasteiger partial charge in [0.1, 0.15) is 12.7 Å². The maximum absolute atomic E-state index is 10.3. The number of para-hydroxylation sites is 1. The number of β-amino-alcohol motifs (C(OH)–C–C–N with tert-alkyl or cyclic N) is 1. The van der Waals surface area contributed by atoms with Gasteiger partial charge in [0.05, 0.1) is 10.0 Å². The lowest BCUT2D eigenvalue weighted by molar-refractivity contribution is 0.0693. The van der Waals surface area contributed by atoms with Crippen LogP contribution in [0.1, 0.15) is 19.3 Å². The van der Waals surface area contributed by atoms with Crippen molar-refractivity contribution in [2.45, 2.75) is 31.4 Å². The van der Waals surface area contributed by atoms with E-state index in [4.69, 9.17) is 27.9 Å². The molecule has 1 N–H and O–H groups in total. The van der Waals surface area contributed by atoms with Crippen LogP contribution in [0.4, 0.5) is 0 Å². The molecule has 1 aliphatic carbocycles. The quantitative estimate of drug-likeness (QED) is 0.847. The third-order valence-electron chi connectivity index (χ3n) is 4.49. The standard InChI is InChI=1S/C17H24Cl2N2O2/c18-15-3-1-4-16(19)17(15)23-12-14(22)11-20-7-2-8-21(10-9-20)13-5-6-13/h1,3-4,13-14,22H,2,5-12H2/t14-/m1/s1. The molecule has 0 radical (unpaired) electrons. The van der Waals surface area contributed by atoms with E-state index in [1.807, 2.05) is 0 Å². The first kappa shape index (κ1) is 17.3. The highest BCUT2D eigenvalue weighted by Crippen LogP contribution is 2.32. The minimum atomic E-state index is -0.546. The van der Waals surface area contributed by atoms with Crippen molar-refractivity contribution >= 4 is 23.2 Å². The predicted molar refractivity (Wildman–Crippen MR) is 93.6 cm³/mol. The lowest BCUT2D eigenvalue weighted by Crippen LogP contribution is -2.38. The first-order valence-corrected chi connectivity index (χ1v) is 9.10. The van der Waals surface area contributed by atoms with Crippen molar-refractivity contribution < 1.29 is 9.84 Å². The molecule has 6 heteroatoms. The summed E-state index contributed by atoms with van der Waals surface area (Å²) >= 11 is 12.1. The van der Waals surface area contributed by atoms with Crippen LogP contribution in [-0.2, 0) is 0 Å². The van der Waals surface area contributed by atoms with E-state index in [1.165, 1.54) is 25.8 Å². The Kier molecular flexibility index (Phi) is 6.05. The van der Waals surface area contributed by atoms with Crippen LogP contribution in [-0.4, -0.2) is 66.4 Å². The SMILES string of the molecule is O[C@@H](COc1c(Cl)cccc1Cl)CN1CCCN(C2CC2)CC1. The molecule has 1 saturated heterocycles. The molecule has 1 aliphatic heterocycles. The van der Waals surface area contributed by atoms with E-state index in [0.29, 0.717) is 22.3 Å². The van der Waals surface area contributed by atoms with Gasteiger partial charge in [-0.25, -0.2) is 0 Å². The Balaban J connectivity index is 1.44. The molecule has 2 fully saturated rings. The fraction of sp³-hybridized carbons (Fsp3) is 0.647. The van der Waals surface area contributed by atoms with Gasteiger partial charge in [-0.2, -0.15) is 0 Å². The summed E-state index contributed by atoms with van der Waals surface area (Å²) in [4.78, 5) is 4.91. The zero-order valence-corrected chi connectivity index (χ0v) is 14.8. The summed E-state index contributed by atoms with van der Waals surface area (Å²) < 4.78 is 5.62. The molecule has 1 aromatic carbocycles. The second kappa shape index (κ2) is 8.04. The number of rotatable bonds is 6. The Morgan fingerprint density at radius 1 is 1.13 bits per heavy atom. The summed E-state index contributed by atoms with van der Waals surface area (Å²) in [5.74, 6) is 0.450. The summed E-state index contributed by atoms with van der Waals surface area (Å²) in [6, 6.07) is 6.06. The second-order valence-corrected chi connectivity index (χ2v) is 7.25. The molecule has 0 aromatic heterocycles. The van der Waals surface area contributed by atoms with Gasteiger partial charge >= 0.3 is 0 Å². The third-order valence-corrected chi connectivity index (χ3v) is 5.09. The Hall–Kier alpha value is -0.520. The van der Waals surface area contributed by atoms with Crippen molar-refractivity contribution in [1.29, 1.82) is 0 Å². The first-order chi connectivity index (χ1) is 11.1. The number of benzene rings is 1. The highest BCUT2D eigenvalue weighted by Gasteiger charge is 2.30. The first-order valence-electron chi connectivity index (χ1n) is 8.35. The average molecular weight is 359 g/mol. The van der Waals surface area contributed by atoms with Gasteiger partial charge in [0.25, 0.3) is 0 Å². The van der Waals surface area contributed by atoms with Crippen molar-refractivity contribution in [3.8, 4) is 5.75 Å². The number of aliphatic hydroxyl groups is 1. The molecule has 0 unspecified atom stereocenters. The fourth-order valence-corrected chi connectivity index (χ4v) is 3.64. The van der Waals surface area contributed by atoms with E-state index in [9.17, 15) is 5.11 Å². The molecule has 4 nitrogen and oxygen atoms in total. The lowest BCUT2D eigenvalue weighted by Gasteiger charge is -2.24. The predicted octanol–water partition coefficient (Wildman–Crippen LogP) is 2.90. The van der Waals surface area contributed by atoms with Crippen molar-refractivity contribution in [2.75, 3.05) is 39.3 Å². The number of hydrogen-bond acceptors (Lipinski definition) is 4. The summed E-state index contributed by atoms with van der Waals surface area (Å²) in [6.07, 6.45) is 3.33. The molecule has 1 saturated carbocycles. The average Bonchev–Trinajstić information content (AvgIpc) is 3.33. The van der Waals surface area contributed by atoms with E-state index < -0.39 is 6.10 Å². The van der Waals surface area contributed by atoms with Gasteiger partial charge in [0.2, 0.25) is 0 Å². The second-order valence-electron chi connectivity index (χ2n) is 6.44. The number of nitrogens with zero attached hydrogens (tertiary/aromatic N) is 2. The van der Waals surface area contributed by atoms with Crippen molar-refractivity contribution in [1.82, 2.24) is 9.80 Å². The van der Waals surface area contributed by atoms with Crippen molar-refractivity contribution in [3.05, 3.63) is 28.2 Å². The summed E-state index contributed by atoms with van der Waals surface area (Å²) in [5, 5.41) is 11.2. The molecule has 3 rings (SSSR count). The van der Waals surface area contributed by atoms with Crippen LogP contribution in [0.15, 0.2) is 18.2 Å². The highest BCUT2D eigenvalue weighted by molar-refractivity contribution is 6.37. The molecule has 0 spiro atoms. The molecule has 0 amide bonds. The minimum Gasteiger partial charge on any atom is -0.488 e. The van der Waals surface area contributed by atoms with Crippen LogP contribution in [0, 0.1) is 0 Å². The lowest BCUT2D eigenvalue weighted by atomic mass is 10.3. The van der Waals surface area contributed by atoms with Crippen LogP contribution in [0.5, 0.6) is 5.75 Å². The van der Waals surface area contributed by atoms with Crippen molar-refractivity contribution in [2.24, 2.45) is 0 Å². The van der Waals surface area contributed by atoms with Crippen LogP contribution in [0.3, 0.4) is 0 Å². The molecule has 1 heterocycles. The van der Waals surface area contributed by atoms with Gasteiger partial charge in [0, 0.05) is 25.7 Å². The van der Waals surface area contributed by atoms with Crippen LogP contribution in [0.25, 0.3) is 0 Å². The van der Waals surface area contributed by atoms with Crippen LogP contribution in [0.2, 0.25) is 10.0 Å². The van der Waals surface area contributed by atoms with Gasteiger partial charge < -0.3 is 9.84 Å². The smallest absolute Gasteiger partial charge is 0.156 e. The zero-order valence-electron chi connectivity index (χ0n) is 13.3. The Labute approximate surface area is 147 Å². The summed E-state index contributed by atoms with van der Waals surface area (Å²) in [6.45, 7) is 5.16. The number of ether oxygens (including phenoxy) is 1. The Morgan fingerprint density at radius 3 is 2.57 bits per heavy atom. The van der Waals surface area contributed by atoms with Crippen LogP contribution >= 0.6 is 23.2 Å². The summed E-state index contributed by atoms with van der Waals surface area (Å²) in [7, 11) is 0. The maximum atomic E-state index is 10.3. The molecule has 128 valence electrons. The molecule has 23 heavy (non-hydrogen) atoms. The third kappa shape index (κ3) is 4.97. The number of aliphatic hydroxyl groups excluding tert-OH is 1. The van der Waals surface area contributed by atoms with Gasteiger partial charge in [0.15, 0.2) is 5.75 Å². The minimum absolute atomic E-state index is 0.201. The maximum Gasteiger partial charge on any atom is 0.156 e. The van der Waals surface area contributed by atoms with Crippen molar-refractivity contribution in [3.63, 3.8) is 0 Å². The Morgan fingerprint density at radius 2 is 1.87 bits per heavy atom.